The van der Waals surface area contributed by atoms with Crippen LogP contribution < -0.4 is 21.3 Å². The number of carboxylic acid groups (broad SMARTS) is 1. The van der Waals surface area contributed by atoms with E-state index in [1.807, 2.05) is 6.08 Å². The molecule has 6 aliphatic heterocycles. The Morgan fingerprint density at radius 1 is 0.437 bits per heavy atom. The fourth-order valence-corrected chi connectivity index (χ4v) is 15.9. The monoisotopic (exact) mass is 1720 g/mol. The van der Waals surface area contributed by atoms with Crippen molar-refractivity contribution in [3.63, 3.8) is 0 Å². The fourth-order valence-electron chi connectivity index (χ4n) is 15.9. The van der Waals surface area contributed by atoms with Crippen LogP contribution in [0.1, 0.15) is 208 Å². The van der Waals surface area contributed by atoms with Crippen molar-refractivity contribution in [3.05, 3.63) is 12.2 Å². The van der Waals surface area contributed by atoms with Crippen molar-refractivity contribution in [2.24, 2.45) is 0 Å². The van der Waals surface area contributed by atoms with Gasteiger partial charge in [0.15, 0.2) is 31.5 Å². The van der Waals surface area contributed by atoms with E-state index < -0.39 is 278 Å². The maximum atomic E-state index is 13.5. The number of hydrogen-bond acceptors (Lipinski definition) is 35. The molecule has 33 atom stereocenters. The lowest BCUT2D eigenvalue weighted by Gasteiger charge is -2.52. The Morgan fingerprint density at radius 2 is 0.824 bits per heavy atom. The highest BCUT2D eigenvalue weighted by molar-refractivity contribution is 5.77. The Balaban J connectivity index is 1.15. The topological polar surface area (TPSA) is 629 Å². The van der Waals surface area contributed by atoms with Gasteiger partial charge in [0.1, 0.15) is 140 Å². The van der Waals surface area contributed by atoms with Crippen LogP contribution in [-0.2, 0) is 80.8 Å². The Bertz CT molecular complexity index is 2920. The van der Waals surface area contributed by atoms with E-state index in [9.17, 15) is 121 Å². The van der Waals surface area contributed by atoms with Crippen LogP contribution in [0.25, 0.3) is 0 Å². The summed E-state index contributed by atoms with van der Waals surface area (Å²) in [7, 11) is 0. The zero-order valence-electron chi connectivity index (χ0n) is 69.1. The largest absolute Gasteiger partial charge is 0.477 e. The molecule has 0 aromatic heterocycles. The average Bonchev–Trinajstić information content (AvgIpc) is 0.752. The first-order chi connectivity index (χ1) is 56.9. The first-order valence-corrected chi connectivity index (χ1v) is 42.6. The van der Waals surface area contributed by atoms with Crippen LogP contribution in [0.15, 0.2) is 12.2 Å². The highest BCUT2D eigenvalue weighted by atomic mass is 16.8. The minimum atomic E-state index is -3.24. The molecule has 0 aliphatic carbocycles. The summed E-state index contributed by atoms with van der Waals surface area (Å²) >= 11 is 0. The van der Waals surface area contributed by atoms with Gasteiger partial charge in [0, 0.05) is 33.6 Å². The van der Waals surface area contributed by atoms with Crippen LogP contribution in [0.3, 0.4) is 0 Å². The van der Waals surface area contributed by atoms with Gasteiger partial charge in [0.05, 0.1) is 70.5 Å². The number of nitrogens with one attached hydrogen (secondary N) is 4. The number of unbranched alkanes of at least 4 members (excludes halogenated alkanes) is 23. The number of allylic oxidation sites excluding steroid dienone is 1. The molecule has 40 heteroatoms. The highest BCUT2D eigenvalue weighted by Gasteiger charge is 2.62. The van der Waals surface area contributed by atoms with Gasteiger partial charge < -0.3 is 175 Å². The van der Waals surface area contributed by atoms with Crippen molar-refractivity contribution in [1.29, 1.82) is 0 Å². The number of amides is 4. The molecule has 692 valence electrons. The van der Waals surface area contributed by atoms with Gasteiger partial charge in [0.25, 0.3) is 5.79 Å². The summed E-state index contributed by atoms with van der Waals surface area (Å²) in [4.78, 5) is 65.2. The SMILES string of the molecule is CCCCCCCCCCCCC/C=C/[C@@H](O)[C@H](CO[C@@H]1OC(CO)[C@@H](O[C@@H]2OC(CO)[C@H](O)[C@H](O[C@@H]3OC(CO)[C@@H](O[C@@H]4OC(CO)[C@H](O)[C@H](O[C@@H]5OC(CO)[C@H](O)[C@H](O[C@]6(C(=O)O)CC(O)[C@@H](NC(C)=O)C([C@H](O)[C@H](O)CO)O6)C5NC(C)=O)C4O)[C@H](O)C3NC(C)=O)C2O)[C@H](O)C1O)NC(=O)CCCCCCCCCCCCCCC. The molecule has 0 aromatic rings. The van der Waals surface area contributed by atoms with E-state index in [2.05, 4.69) is 35.1 Å². The van der Waals surface area contributed by atoms with Crippen molar-refractivity contribution < 1.29 is 178 Å². The maximum Gasteiger partial charge on any atom is 0.364 e. The highest BCUT2D eigenvalue weighted by Crippen LogP contribution is 2.41. The summed E-state index contributed by atoms with van der Waals surface area (Å²) in [6.07, 6.45) is -26.6. The number of ether oxygens (including phenoxy) is 12. The van der Waals surface area contributed by atoms with Gasteiger partial charge in [-0.25, -0.2) is 4.79 Å². The number of hydrogen-bond donors (Lipinski definition) is 23. The van der Waals surface area contributed by atoms with Crippen molar-refractivity contribution in [1.82, 2.24) is 21.3 Å². The third-order valence-corrected chi connectivity index (χ3v) is 22.6. The normalized spacial score (nSPS) is 36.2. The molecule has 0 spiro atoms. The number of aliphatic carboxylic acids is 1. The third kappa shape index (κ3) is 30.6. The molecule has 119 heavy (non-hydrogen) atoms. The number of rotatable bonds is 54. The summed E-state index contributed by atoms with van der Waals surface area (Å²) < 4.78 is 71.4. The predicted octanol–water partition coefficient (Wildman–Crippen LogP) is -3.85. The Morgan fingerprint density at radius 3 is 1.27 bits per heavy atom. The second-order valence-corrected chi connectivity index (χ2v) is 32.1. The molecule has 6 fully saturated rings. The first-order valence-electron chi connectivity index (χ1n) is 42.6. The first kappa shape index (κ1) is 104. The molecule has 0 radical (unpaired) electrons. The van der Waals surface area contributed by atoms with Crippen molar-refractivity contribution in [3.8, 4) is 0 Å². The lowest BCUT2D eigenvalue weighted by atomic mass is 9.88. The predicted molar refractivity (Wildman–Crippen MR) is 413 cm³/mol. The molecule has 23 N–H and O–H groups in total. The molecular formula is C79H140N4O36. The van der Waals surface area contributed by atoms with E-state index in [0.29, 0.717) is 12.8 Å². The number of aliphatic hydroxyl groups is 18. The van der Waals surface area contributed by atoms with Gasteiger partial charge in [-0.3, -0.25) is 19.2 Å². The van der Waals surface area contributed by atoms with E-state index >= 15 is 0 Å². The van der Waals surface area contributed by atoms with Gasteiger partial charge in [-0.1, -0.05) is 167 Å². The van der Waals surface area contributed by atoms with Crippen LogP contribution in [0.2, 0.25) is 0 Å². The molecule has 0 bridgehead atoms. The summed E-state index contributed by atoms with van der Waals surface area (Å²) in [5.74, 6) is -8.43. The molecule has 6 rings (SSSR count). The Kier molecular flexibility index (Phi) is 46.5. The molecule has 6 heterocycles. The Labute approximate surface area is 694 Å². The smallest absolute Gasteiger partial charge is 0.364 e. The molecule has 0 saturated carbocycles. The van der Waals surface area contributed by atoms with E-state index in [1.54, 1.807) is 6.08 Å². The summed E-state index contributed by atoms with van der Waals surface area (Å²) in [6.45, 7) is 0.226. The van der Waals surface area contributed by atoms with E-state index in [0.717, 1.165) is 72.1 Å². The van der Waals surface area contributed by atoms with Crippen molar-refractivity contribution in [2.75, 3.05) is 46.2 Å². The summed E-state index contributed by atoms with van der Waals surface area (Å²) in [5.41, 5.74) is 0. The quantitative estimate of drug-likeness (QED) is 0.0205. The van der Waals surface area contributed by atoms with Crippen LogP contribution in [0.4, 0.5) is 0 Å². The van der Waals surface area contributed by atoms with Gasteiger partial charge in [-0.05, 0) is 19.3 Å². The number of aliphatic hydroxyl groups excluding tert-OH is 18. The summed E-state index contributed by atoms with van der Waals surface area (Å²) in [6, 6.07) is -6.73. The second kappa shape index (κ2) is 53.4. The fraction of sp³-hybridized carbons (Fsp3) is 0.911. The van der Waals surface area contributed by atoms with Gasteiger partial charge in [-0.15, -0.1) is 0 Å². The number of carboxylic acids is 1. The lowest BCUT2D eigenvalue weighted by molar-refractivity contribution is -0.388. The van der Waals surface area contributed by atoms with Gasteiger partial charge in [-0.2, -0.15) is 0 Å². The van der Waals surface area contributed by atoms with Crippen LogP contribution in [0, 0.1) is 0 Å². The molecule has 6 saturated heterocycles. The summed E-state index contributed by atoms with van der Waals surface area (Å²) in [5, 5.41) is 223. The zero-order chi connectivity index (χ0) is 87.6. The molecule has 4 amide bonds. The van der Waals surface area contributed by atoms with E-state index in [-0.39, 0.29) is 12.3 Å². The lowest BCUT2D eigenvalue weighted by Crippen LogP contribution is -2.72. The van der Waals surface area contributed by atoms with Gasteiger partial charge in [0.2, 0.25) is 23.6 Å². The van der Waals surface area contributed by atoms with Gasteiger partial charge >= 0.3 is 5.97 Å². The standard InChI is InChI=1S/C79H140N4O36/c1-6-8-10-12-14-16-18-20-22-24-26-28-30-32-46(93)45(83-54(96)33-31-29-27-25-23-21-19-17-15-13-11-9-7-2)41-108-75-64(103)63(102)68(53(40-89)113-75)115-77-65(104)71(60(99)50(37-86)111-77)116-73-56(81-43(4)91)62(101)67(52(39-88)112-73)114-76-66(105)72(61(100)51(38-87)110-76)117-74-57(82-44(5)92)70(59(98)49(36-85)109-74)119-79(78(106)107)34-47(94)55(80-42(3)90)69(118-79)58(97)48(95)35-84/h30,32,45-53,55-77,84-89,93-95,97-105H,6-29,31,33-41H2,1-5H3,(H,80,90)(H,81,91)(H,82,92)(H,83,96)(H,106,107)/b32-30+/t45-,46+,47?,48+,49?,50?,51?,52?,53?,55+,56?,57?,58+,59-,60-,61-,62+,63+,64?,65?,66?,67+,68+,69?,70+,71-,72-,73-,74-,75+,76-,77-,79-/m0/s1. The molecule has 40 nitrogen and oxygen atoms in total. The second-order valence-electron chi connectivity index (χ2n) is 32.1. The van der Waals surface area contributed by atoms with Crippen LogP contribution in [0.5, 0.6) is 0 Å². The third-order valence-electron chi connectivity index (χ3n) is 22.6. The van der Waals surface area contributed by atoms with E-state index in [1.165, 1.54) is 96.3 Å². The molecule has 0 aromatic carbocycles. The van der Waals surface area contributed by atoms with Crippen LogP contribution in [-0.4, -0.2) is 375 Å². The zero-order valence-corrected chi connectivity index (χ0v) is 69.1. The van der Waals surface area contributed by atoms with Crippen molar-refractivity contribution >= 4 is 29.6 Å². The molecule has 12 unspecified atom stereocenters. The van der Waals surface area contributed by atoms with Crippen molar-refractivity contribution in [2.45, 2.75) is 410 Å². The molecular weight excluding hydrogens is 1580 g/mol. The number of carbonyl (C=O) groups excluding carboxylic acids is 4. The number of carbonyl (C=O) groups is 5. The molecule has 6 aliphatic rings. The average molecular weight is 1720 g/mol. The maximum absolute atomic E-state index is 13.5. The minimum absolute atomic E-state index is 0.159. The minimum Gasteiger partial charge on any atom is -0.477 e. The van der Waals surface area contributed by atoms with E-state index in [4.69, 9.17) is 56.8 Å². The Hall–Kier alpha value is -4.11. The van der Waals surface area contributed by atoms with Crippen LogP contribution >= 0.6 is 0 Å².